The summed E-state index contributed by atoms with van der Waals surface area (Å²) in [6, 6.07) is 16.4. The molecule has 4 nitrogen and oxygen atoms in total. The Labute approximate surface area is 174 Å². The molecule has 0 aromatic carbocycles. The second-order valence-corrected chi connectivity index (χ2v) is 5.91. The van der Waals surface area contributed by atoms with E-state index in [4.69, 9.17) is 0 Å². The maximum absolute atomic E-state index is 4.63. The van der Waals surface area contributed by atoms with Crippen LogP contribution >= 0.6 is 0 Å². The summed E-state index contributed by atoms with van der Waals surface area (Å²) < 4.78 is 0. The Morgan fingerprint density at radius 2 is 0.731 bits per heavy atom. The minimum absolute atomic E-state index is 0. The van der Waals surface area contributed by atoms with Crippen LogP contribution in [0, 0.1) is 0 Å². The molecule has 2 N–H and O–H groups in total. The molecule has 6 heteroatoms. The molecule has 0 aliphatic carbocycles. The molecule has 3 aromatic heterocycles. The molecule has 5 heterocycles. The van der Waals surface area contributed by atoms with E-state index in [1.165, 1.54) is 0 Å². The fourth-order valence-corrected chi connectivity index (χ4v) is 2.94. The van der Waals surface area contributed by atoms with Crippen molar-refractivity contribution in [3.63, 3.8) is 0 Å². The Hall–Kier alpha value is -2.21. The number of aromatic nitrogens is 4. The second kappa shape index (κ2) is 7.58. The van der Waals surface area contributed by atoms with Crippen LogP contribution in [0.1, 0.15) is 22.8 Å². The van der Waals surface area contributed by atoms with Gasteiger partial charge in [-0.15, -0.1) is 0 Å². The predicted molar refractivity (Wildman–Crippen MR) is 113 cm³/mol. The van der Waals surface area contributed by atoms with E-state index in [1.54, 1.807) is 0 Å². The molecule has 2 aliphatic heterocycles. The molecule has 0 atom stereocenters. The van der Waals surface area contributed by atoms with Gasteiger partial charge in [-0.3, -0.25) is 0 Å². The number of nitrogens with zero attached hydrogens (tertiary/aromatic N) is 2. The summed E-state index contributed by atoms with van der Waals surface area (Å²) in [5.41, 5.74) is 7.86. The van der Waals surface area contributed by atoms with Gasteiger partial charge in [0.1, 0.15) is 0 Å². The SMILES string of the molecule is C1=Cc2cc3ccc(cc4nc(cc5ccc(cc1n2)[nH]5)C=C4)[nH]3.[LiH].[LiH]. The fourth-order valence-electron chi connectivity index (χ4n) is 2.94. The number of H-pyrrole nitrogens is 2. The molecule has 0 amide bonds. The zero-order valence-electron chi connectivity index (χ0n) is 12.8. The van der Waals surface area contributed by atoms with Crippen LogP contribution < -0.4 is 0 Å². The topological polar surface area (TPSA) is 57.4 Å². The van der Waals surface area contributed by atoms with Gasteiger partial charge < -0.3 is 9.97 Å². The third kappa shape index (κ3) is 3.80. The summed E-state index contributed by atoms with van der Waals surface area (Å²) in [6.07, 6.45) is 8.09. The number of aromatic amines is 2. The zero-order chi connectivity index (χ0) is 15.9. The van der Waals surface area contributed by atoms with E-state index in [1.807, 2.05) is 48.6 Å². The van der Waals surface area contributed by atoms with Crippen LogP contribution in [0.15, 0.2) is 48.5 Å². The number of hydrogen-bond acceptors (Lipinski definition) is 2. The van der Waals surface area contributed by atoms with Gasteiger partial charge in [-0.2, -0.15) is 0 Å². The van der Waals surface area contributed by atoms with Crippen molar-refractivity contribution in [3.05, 3.63) is 71.3 Å². The molecular formula is C20H16Li2N4. The van der Waals surface area contributed by atoms with Crippen LogP contribution in [-0.2, 0) is 0 Å². The maximum atomic E-state index is 4.63. The monoisotopic (exact) mass is 326 g/mol. The van der Waals surface area contributed by atoms with Gasteiger partial charge in [-0.25, -0.2) is 9.97 Å². The van der Waals surface area contributed by atoms with Crippen LogP contribution in [0.5, 0.6) is 0 Å². The van der Waals surface area contributed by atoms with Gasteiger partial charge in [0.25, 0.3) is 0 Å². The number of fused-ring (bicyclic) bond motifs is 8. The summed E-state index contributed by atoms with van der Waals surface area (Å²) in [5, 5.41) is 0. The van der Waals surface area contributed by atoms with E-state index in [-0.39, 0.29) is 37.7 Å². The van der Waals surface area contributed by atoms with Crippen molar-refractivity contribution < 1.29 is 0 Å². The van der Waals surface area contributed by atoms with Gasteiger partial charge in [-0.1, -0.05) is 0 Å². The fraction of sp³-hybridized carbons (Fsp3) is 0. The van der Waals surface area contributed by atoms with Crippen LogP contribution in [0.25, 0.3) is 46.4 Å². The normalized spacial score (nSPS) is 11.7. The first-order valence-corrected chi connectivity index (χ1v) is 7.85. The molecule has 0 fully saturated rings. The van der Waals surface area contributed by atoms with Crippen molar-refractivity contribution in [2.24, 2.45) is 0 Å². The Balaban J connectivity index is 0.000000980. The first kappa shape index (κ1) is 18.6. The molecule has 0 saturated heterocycles. The van der Waals surface area contributed by atoms with E-state index in [0.29, 0.717) is 0 Å². The summed E-state index contributed by atoms with van der Waals surface area (Å²) in [5.74, 6) is 0. The molecule has 2 aliphatic rings. The number of nitrogens with one attached hydrogen (secondary N) is 2. The summed E-state index contributed by atoms with van der Waals surface area (Å²) >= 11 is 0. The van der Waals surface area contributed by atoms with Crippen LogP contribution in [0.4, 0.5) is 0 Å². The Kier molecular flexibility index (Phi) is 5.42. The molecule has 3 aromatic rings. The van der Waals surface area contributed by atoms with E-state index >= 15 is 0 Å². The first-order valence-electron chi connectivity index (χ1n) is 7.85. The molecular weight excluding hydrogens is 310 g/mol. The number of hydrogen-bond donors (Lipinski definition) is 2. The van der Waals surface area contributed by atoms with Gasteiger partial charge in [0.05, 0.1) is 22.8 Å². The number of rotatable bonds is 0. The van der Waals surface area contributed by atoms with Crippen molar-refractivity contribution in [1.82, 2.24) is 19.9 Å². The van der Waals surface area contributed by atoms with Crippen molar-refractivity contribution in [3.8, 4) is 0 Å². The molecule has 5 rings (SSSR count). The average Bonchev–Trinajstić information content (AvgIpc) is 3.32. The summed E-state index contributed by atoms with van der Waals surface area (Å²) in [7, 11) is 0. The van der Waals surface area contributed by atoms with Gasteiger partial charge in [-0.05, 0) is 72.8 Å². The third-order valence-electron chi connectivity index (χ3n) is 4.04. The van der Waals surface area contributed by atoms with Crippen molar-refractivity contribution >= 4 is 84.1 Å². The quantitative estimate of drug-likeness (QED) is 0.429. The molecule has 0 saturated carbocycles. The average molecular weight is 326 g/mol. The summed E-state index contributed by atoms with van der Waals surface area (Å²) in [4.78, 5) is 16.0. The van der Waals surface area contributed by atoms with E-state index in [0.717, 1.165) is 44.8 Å². The predicted octanol–water partition coefficient (Wildman–Crippen LogP) is 3.36. The van der Waals surface area contributed by atoms with E-state index in [9.17, 15) is 0 Å². The van der Waals surface area contributed by atoms with E-state index < -0.39 is 0 Å². The molecule has 0 spiro atoms. The molecule has 0 radical (unpaired) electrons. The summed E-state index contributed by atoms with van der Waals surface area (Å²) in [6.45, 7) is 0. The second-order valence-electron chi connectivity index (χ2n) is 5.91. The molecule has 118 valence electrons. The van der Waals surface area contributed by atoms with Crippen LogP contribution in [0.3, 0.4) is 0 Å². The molecule has 0 unspecified atom stereocenters. The Bertz CT molecular complexity index is 994. The van der Waals surface area contributed by atoms with Crippen molar-refractivity contribution in [1.29, 1.82) is 0 Å². The van der Waals surface area contributed by atoms with Gasteiger partial charge in [0, 0.05) is 22.1 Å². The van der Waals surface area contributed by atoms with Gasteiger partial charge in [0.15, 0.2) is 0 Å². The van der Waals surface area contributed by atoms with Crippen molar-refractivity contribution in [2.45, 2.75) is 0 Å². The Morgan fingerprint density at radius 1 is 0.462 bits per heavy atom. The third-order valence-corrected chi connectivity index (χ3v) is 4.04. The minimum atomic E-state index is 0. The molecule has 8 bridgehead atoms. The van der Waals surface area contributed by atoms with E-state index in [2.05, 4.69) is 44.2 Å². The standard InChI is InChI=1S/C20H14N4.2Li.2H/c1-2-14-10-16-5-6-18(23-16)12-20-8-7-19(24-20)11-17-4-3-15(22-17)9-13(1)21-14;;;;/h1-12,21,24H;;;;. The van der Waals surface area contributed by atoms with Gasteiger partial charge >= 0.3 is 37.7 Å². The zero-order valence-corrected chi connectivity index (χ0v) is 12.8. The van der Waals surface area contributed by atoms with Gasteiger partial charge in [0.2, 0.25) is 0 Å². The van der Waals surface area contributed by atoms with Crippen molar-refractivity contribution in [2.75, 3.05) is 0 Å². The van der Waals surface area contributed by atoms with Crippen LogP contribution in [-0.4, -0.2) is 57.7 Å². The molecule has 26 heavy (non-hydrogen) atoms. The Morgan fingerprint density at radius 3 is 1.00 bits per heavy atom. The van der Waals surface area contributed by atoms with Crippen LogP contribution in [0.2, 0.25) is 0 Å². The first-order chi connectivity index (χ1) is 11.8.